The zero-order valence-electron chi connectivity index (χ0n) is 16.1. The smallest absolute Gasteiger partial charge is 0.327 e. The summed E-state index contributed by atoms with van der Waals surface area (Å²) in [4.78, 5) is 38.7. The molecule has 11 heteroatoms. The summed E-state index contributed by atoms with van der Waals surface area (Å²) in [5.41, 5.74) is 0.645. The number of nitrogens with one attached hydrogen (secondary N) is 1. The van der Waals surface area contributed by atoms with E-state index in [1.165, 1.54) is 16.7 Å². The van der Waals surface area contributed by atoms with Gasteiger partial charge in [-0.3, -0.25) is 9.59 Å². The molecule has 1 aromatic heterocycles. The number of β-lactam (4-membered cyclic amide) rings is 1. The fourth-order valence-electron chi connectivity index (χ4n) is 3.89. The highest BCUT2D eigenvalue weighted by atomic mass is 35.5. The largest absolute Gasteiger partial charge is 0.480 e. The monoisotopic (exact) mass is 469 g/mol. The number of thioether (sulfide) groups is 1. The van der Waals surface area contributed by atoms with Crippen molar-refractivity contribution < 1.29 is 24.0 Å². The van der Waals surface area contributed by atoms with Crippen molar-refractivity contribution in [2.75, 3.05) is 0 Å². The number of fused-ring (bicyclic) bond motifs is 1. The molecule has 2 unspecified atom stereocenters. The summed E-state index contributed by atoms with van der Waals surface area (Å²) in [6, 6.07) is 3.09. The molecule has 2 saturated heterocycles. The Morgan fingerprint density at radius 1 is 1.30 bits per heavy atom. The molecule has 4 rings (SSSR count). The van der Waals surface area contributed by atoms with E-state index in [1.807, 2.05) is 0 Å². The number of carboxylic acid groups (broad SMARTS) is 1. The van der Waals surface area contributed by atoms with Crippen molar-refractivity contribution in [3.63, 3.8) is 0 Å². The van der Waals surface area contributed by atoms with Gasteiger partial charge in [0.1, 0.15) is 34.5 Å². The van der Waals surface area contributed by atoms with Gasteiger partial charge in [-0.2, -0.15) is 0 Å². The number of carbonyl (C=O) groups is 3. The molecule has 2 aromatic rings. The van der Waals surface area contributed by atoms with E-state index in [0.717, 1.165) is 0 Å². The molecule has 1 aromatic carbocycles. The maximum atomic E-state index is 13.1. The lowest BCUT2D eigenvalue weighted by atomic mass is 9.95. The van der Waals surface area contributed by atoms with Gasteiger partial charge in [0.05, 0.1) is 10.0 Å². The maximum Gasteiger partial charge on any atom is 0.327 e. The zero-order chi connectivity index (χ0) is 22.0. The van der Waals surface area contributed by atoms with Crippen LogP contribution in [0, 0.1) is 6.92 Å². The van der Waals surface area contributed by atoms with Crippen LogP contribution < -0.4 is 5.32 Å². The van der Waals surface area contributed by atoms with E-state index in [1.54, 1.807) is 39.0 Å². The molecule has 0 saturated carbocycles. The fourth-order valence-corrected chi connectivity index (χ4v) is 6.09. The van der Waals surface area contributed by atoms with Crippen molar-refractivity contribution >= 4 is 52.7 Å². The number of hydrogen-bond donors (Lipinski definition) is 2. The lowest BCUT2D eigenvalue weighted by molar-refractivity contribution is -0.159. The molecule has 30 heavy (non-hydrogen) atoms. The van der Waals surface area contributed by atoms with Gasteiger partial charge >= 0.3 is 5.97 Å². The number of nitrogens with zero attached hydrogens (tertiary/aromatic N) is 2. The lowest BCUT2D eigenvalue weighted by Crippen LogP contribution is -2.70. The van der Waals surface area contributed by atoms with E-state index in [-0.39, 0.29) is 17.0 Å². The first-order valence-corrected chi connectivity index (χ1v) is 10.6. The molecule has 2 amide bonds. The van der Waals surface area contributed by atoms with Gasteiger partial charge in [0.2, 0.25) is 5.91 Å². The summed E-state index contributed by atoms with van der Waals surface area (Å²) in [6.07, 6.45) is 0. The molecule has 8 nitrogen and oxygen atoms in total. The Bertz CT molecular complexity index is 1070. The van der Waals surface area contributed by atoms with Crippen LogP contribution in [-0.4, -0.2) is 55.2 Å². The second kappa shape index (κ2) is 7.18. The average Bonchev–Trinajstić information content (AvgIpc) is 3.14. The third-order valence-corrected chi connectivity index (χ3v) is 7.45. The Balaban J connectivity index is 1.62. The second-order valence-corrected chi connectivity index (χ2v) is 10.2. The van der Waals surface area contributed by atoms with E-state index in [4.69, 9.17) is 27.7 Å². The summed E-state index contributed by atoms with van der Waals surface area (Å²) in [6.45, 7) is 5.10. The van der Waals surface area contributed by atoms with Crippen LogP contribution in [0.15, 0.2) is 22.7 Å². The first-order valence-electron chi connectivity index (χ1n) is 8.99. The standard InChI is InChI=1S/C19H17Cl2N3O5S/c1-7-10(12(23-29-7)11-8(20)5-4-6-9(11)21)15(25)22-13-16(26)24-14(18(27)28)19(2,3)30-17(13)24/h4-6,13-14,17H,1-3H3,(H,22,25)(H,27,28)/t13-,14?,17?/m1/s1. The SMILES string of the molecule is Cc1onc(-c2c(Cl)cccc2Cl)c1C(=O)N[C@@H]1C(=O)N2C1SC(C)(C)C2C(=O)O. The molecule has 3 heterocycles. The van der Waals surface area contributed by atoms with Crippen molar-refractivity contribution in [1.29, 1.82) is 0 Å². The Labute approximate surface area is 185 Å². The van der Waals surface area contributed by atoms with E-state index >= 15 is 0 Å². The second-order valence-electron chi connectivity index (χ2n) is 7.61. The minimum Gasteiger partial charge on any atom is -0.480 e. The number of benzene rings is 1. The van der Waals surface area contributed by atoms with Crippen molar-refractivity contribution in [1.82, 2.24) is 15.4 Å². The first kappa shape index (κ1) is 21.0. The number of aromatic nitrogens is 1. The van der Waals surface area contributed by atoms with E-state index in [0.29, 0.717) is 15.6 Å². The summed E-state index contributed by atoms with van der Waals surface area (Å²) in [5, 5.41) is 16.3. The minimum atomic E-state index is -1.07. The number of aryl methyl sites for hydroxylation is 1. The highest BCUT2D eigenvalue weighted by Crippen LogP contribution is 2.51. The van der Waals surface area contributed by atoms with Crippen molar-refractivity contribution in [2.45, 2.75) is 43.0 Å². The van der Waals surface area contributed by atoms with E-state index in [2.05, 4.69) is 10.5 Å². The van der Waals surface area contributed by atoms with Crippen LogP contribution in [0.3, 0.4) is 0 Å². The van der Waals surface area contributed by atoms with Crippen LogP contribution in [-0.2, 0) is 9.59 Å². The number of rotatable bonds is 4. The van der Waals surface area contributed by atoms with Gasteiger partial charge < -0.3 is 19.8 Å². The van der Waals surface area contributed by atoms with Gasteiger partial charge in [-0.05, 0) is 32.9 Å². The highest BCUT2D eigenvalue weighted by Gasteiger charge is 2.64. The quantitative estimate of drug-likeness (QED) is 0.660. The summed E-state index contributed by atoms with van der Waals surface area (Å²) in [7, 11) is 0. The van der Waals surface area contributed by atoms with E-state index < -0.39 is 40.0 Å². The third kappa shape index (κ3) is 3.07. The van der Waals surface area contributed by atoms with Gasteiger partial charge in [0.25, 0.3) is 5.91 Å². The van der Waals surface area contributed by atoms with Crippen LogP contribution in [0.2, 0.25) is 10.0 Å². The summed E-state index contributed by atoms with van der Waals surface area (Å²) in [5.74, 6) is -1.84. The van der Waals surface area contributed by atoms with E-state index in [9.17, 15) is 19.5 Å². The first-order chi connectivity index (χ1) is 14.0. The summed E-state index contributed by atoms with van der Waals surface area (Å²) >= 11 is 13.8. The predicted octanol–water partition coefficient (Wildman–Crippen LogP) is 3.20. The number of carboxylic acids is 1. The number of halogens is 2. The van der Waals surface area contributed by atoms with Crippen molar-refractivity contribution in [3.05, 3.63) is 39.6 Å². The molecule has 158 valence electrons. The van der Waals surface area contributed by atoms with Crippen molar-refractivity contribution in [3.8, 4) is 11.3 Å². The molecule has 0 spiro atoms. The number of hydrogen-bond acceptors (Lipinski definition) is 6. The van der Waals surface area contributed by atoms with Crippen LogP contribution >= 0.6 is 35.0 Å². The zero-order valence-corrected chi connectivity index (χ0v) is 18.4. The van der Waals surface area contributed by atoms with Crippen LogP contribution in [0.5, 0.6) is 0 Å². The van der Waals surface area contributed by atoms with Gasteiger partial charge in [0.15, 0.2) is 0 Å². The Hall–Kier alpha value is -2.23. The topological polar surface area (TPSA) is 113 Å². The lowest BCUT2D eigenvalue weighted by Gasteiger charge is -2.43. The van der Waals surface area contributed by atoms with Crippen LogP contribution in [0.25, 0.3) is 11.3 Å². The maximum absolute atomic E-state index is 13.1. The minimum absolute atomic E-state index is 0.119. The molecule has 2 fully saturated rings. The van der Waals surface area contributed by atoms with Crippen molar-refractivity contribution in [2.24, 2.45) is 0 Å². The van der Waals surface area contributed by atoms with Gasteiger partial charge in [-0.25, -0.2) is 4.79 Å². The Morgan fingerprint density at radius 2 is 1.93 bits per heavy atom. The molecule has 2 aliphatic heterocycles. The van der Waals surface area contributed by atoms with Gasteiger partial charge in [-0.15, -0.1) is 11.8 Å². The molecule has 0 aliphatic carbocycles. The molecule has 3 atom stereocenters. The fraction of sp³-hybridized carbons (Fsp3) is 0.368. The molecule has 2 N–H and O–H groups in total. The third-order valence-electron chi connectivity index (χ3n) is 5.25. The van der Waals surface area contributed by atoms with Gasteiger partial charge in [-0.1, -0.05) is 34.4 Å². The van der Waals surface area contributed by atoms with Gasteiger partial charge in [0, 0.05) is 10.3 Å². The van der Waals surface area contributed by atoms with Crippen LogP contribution in [0.4, 0.5) is 0 Å². The molecule has 0 bridgehead atoms. The highest BCUT2D eigenvalue weighted by molar-refractivity contribution is 8.01. The number of carbonyl (C=O) groups excluding carboxylic acids is 2. The molecular formula is C19H17Cl2N3O5S. The molecular weight excluding hydrogens is 453 g/mol. The summed E-state index contributed by atoms with van der Waals surface area (Å²) < 4.78 is 4.52. The molecule has 2 aliphatic rings. The average molecular weight is 470 g/mol. The predicted molar refractivity (Wildman–Crippen MR) is 112 cm³/mol. The molecule has 0 radical (unpaired) electrons. The van der Waals surface area contributed by atoms with Crippen LogP contribution in [0.1, 0.15) is 30.0 Å². The number of amides is 2. The Morgan fingerprint density at radius 3 is 2.53 bits per heavy atom. The normalized spacial score (nSPS) is 24.4. The Kier molecular flexibility index (Phi) is 5.03. The number of aliphatic carboxylic acids is 1.